The molecule has 116 valence electrons. The van der Waals surface area contributed by atoms with Gasteiger partial charge in [0.05, 0.1) is 0 Å². The number of nitrogens with zero attached hydrogens (tertiary/aromatic N) is 2. The van der Waals surface area contributed by atoms with Crippen molar-refractivity contribution in [1.82, 2.24) is 14.9 Å². The van der Waals surface area contributed by atoms with Crippen molar-refractivity contribution in [3.8, 4) is 0 Å². The molecule has 1 aliphatic rings. The summed E-state index contributed by atoms with van der Waals surface area (Å²) in [6, 6.07) is -0.203. The number of rotatable bonds is 6. The fraction of sp³-hybridized carbons (Fsp3) is 0.647. The lowest BCUT2D eigenvalue weighted by Crippen LogP contribution is -2.32. The first kappa shape index (κ1) is 15.8. The summed E-state index contributed by atoms with van der Waals surface area (Å²) in [5.74, 6) is 1.36. The number of hydrogen-bond donors (Lipinski definition) is 1. The Kier molecular flexibility index (Phi) is 5.59. The van der Waals surface area contributed by atoms with Crippen LogP contribution < -0.4 is 5.32 Å². The van der Waals surface area contributed by atoms with Crippen molar-refractivity contribution in [2.24, 2.45) is 0 Å². The molecule has 0 saturated carbocycles. The molecule has 0 fully saturated rings. The maximum atomic E-state index is 12.3. The highest BCUT2D eigenvalue weighted by Crippen LogP contribution is 2.20. The Labute approximate surface area is 127 Å². The van der Waals surface area contributed by atoms with Gasteiger partial charge in [-0.2, -0.15) is 0 Å². The van der Waals surface area contributed by atoms with Crippen LogP contribution in [-0.4, -0.2) is 22.0 Å². The second-order valence-corrected chi connectivity index (χ2v) is 6.17. The number of allylic oxidation sites excluding steroid dienone is 1. The van der Waals surface area contributed by atoms with Gasteiger partial charge in [0.25, 0.3) is 0 Å². The maximum Gasteiger partial charge on any atom is 0.242 e. The van der Waals surface area contributed by atoms with E-state index in [2.05, 4.69) is 30.2 Å². The SMILES string of the molecule is CC(C)c1nccn1C(C)C(=O)NCCC1=CCCCC1. The normalized spacial score (nSPS) is 16.7. The van der Waals surface area contributed by atoms with Gasteiger partial charge in [0.15, 0.2) is 0 Å². The van der Waals surface area contributed by atoms with Gasteiger partial charge in [0.2, 0.25) is 5.91 Å². The topological polar surface area (TPSA) is 46.9 Å². The van der Waals surface area contributed by atoms with E-state index in [9.17, 15) is 4.79 Å². The third-order valence-corrected chi connectivity index (χ3v) is 4.14. The summed E-state index contributed by atoms with van der Waals surface area (Å²) in [7, 11) is 0. The number of carbonyl (C=O) groups is 1. The molecule has 0 aromatic carbocycles. The Hall–Kier alpha value is -1.58. The molecule has 0 spiro atoms. The molecule has 0 radical (unpaired) electrons. The molecule has 4 heteroatoms. The van der Waals surface area contributed by atoms with Crippen LogP contribution in [0.25, 0.3) is 0 Å². The van der Waals surface area contributed by atoms with Crippen LogP contribution in [0.2, 0.25) is 0 Å². The van der Waals surface area contributed by atoms with E-state index in [0.29, 0.717) is 5.92 Å². The zero-order chi connectivity index (χ0) is 15.2. The molecule has 1 aromatic rings. The van der Waals surface area contributed by atoms with Crippen molar-refractivity contribution in [3.63, 3.8) is 0 Å². The Morgan fingerprint density at radius 3 is 2.86 bits per heavy atom. The van der Waals surface area contributed by atoms with Crippen LogP contribution in [0.4, 0.5) is 0 Å². The van der Waals surface area contributed by atoms with E-state index in [-0.39, 0.29) is 11.9 Å². The number of nitrogens with one attached hydrogen (secondary N) is 1. The van der Waals surface area contributed by atoms with E-state index >= 15 is 0 Å². The lowest BCUT2D eigenvalue weighted by atomic mass is 9.97. The van der Waals surface area contributed by atoms with Crippen molar-refractivity contribution in [2.75, 3.05) is 6.54 Å². The van der Waals surface area contributed by atoms with Crippen LogP contribution in [0.5, 0.6) is 0 Å². The number of aromatic nitrogens is 2. The Morgan fingerprint density at radius 1 is 1.38 bits per heavy atom. The fourth-order valence-corrected chi connectivity index (χ4v) is 2.85. The molecule has 0 aliphatic heterocycles. The second-order valence-electron chi connectivity index (χ2n) is 6.17. The molecule has 4 nitrogen and oxygen atoms in total. The molecule has 1 atom stereocenters. The van der Waals surface area contributed by atoms with Crippen LogP contribution >= 0.6 is 0 Å². The average Bonchev–Trinajstić information content (AvgIpc) is 2.97. The highest BCUT2D eigenvalue weighted by atomic mass is 16.2. The largest absolute Gasteiger partial charge is 0.354 e. The van der Waals surface area contributed by atoms with E-state index < -0.39 is 0 Å². The molecule has 1 unspecified atom stereocenters. The highest BCUT2D eigenvalue weighted by molar-refractivity contribution is 5.79. The summed E-state index contributed by atoms with van der Waals surface area (Å²) in [6.07, 6.45) is 12.0. The summed E-state index contributed by atoms with van der Waals surface area (Å²) < 4.78 is 1.97. The molecule has 2 rings (SSSR count). The van der Waals surface area contributed by atoms with Gasteiger partial charge in [-0.1, -0.05) is 25.5 Å². The number of amides is 1. The lowest BCUT2D eigenvalue weighted by molar-refractivity contribution is -0.123. The first-order valence-electron chi connectivity index (χ1n) is 8.08. The zero-order valence-corrected chi connectivity index (χ0v) is 13.4. The molecule has 1 aromatic heterocycles. The molecule has 0 saturated heterocycles. The van der Waals surface area contributed by atoms with Crippen molar-refractivity contribution in [2.45, 2.75) is 64.8 Å². The van der Waals surface area contributed by atoms with Crippen LogP contribution in [0.15, 0.2) is 24.0 Å². The minimum absolute atomic E-state index is 0.0753. The van der Waals surface area contributed by atoms with Crippen molar-refractivity contribution in [3.05, 3.63) is 29.9 Å². The minimum Gasteiger partial charge on any atom is -0.354 e. The van der Waals surface area contributed by atoms with Gasteiger partial charge in [0, 0.05) is 24.9 Å². The molecule has 1 aliphatic carbocycles. The maximum absolute atomic E-state index is 12.3. The Balaban J connectivity index is 1.85. The van der Waals surface area contributed by atoms with Gasteiger partial charge in [-0.15, -0.1) is 0 Å². The first-order valence-corrected chi connectivity index (χ1v) is 8.08. The number of carbonyl (C=O) groups excluding carboxylic acids is 1. The highest BCUT2D eigenvalue weighted by Gasteiger charge is 2.18. The second kappa shape index (κ2) is 7.43. The van der Waals surface area contributed by atoms with E-state index in [0.717, 1.165) is 18.8 Å². The van der Waals surface area contributed by atoms with Crippen molar-refractivity contribution < 1.29 is 4.79 Å². The van der Waals surface area contributed by atoms with Crippen molar-refractivity contribution in [1.29, 1.82) is 0 Å². The van der Waals surface area contributed by atoms with E-state index in [1.165, 1.54) is 31.3 Å². The quantitative estimate of drug-likeness (QED) is 0.814. The van der Waals surface area contributed by atoms with Gasteiger partial charge in [-0.3, -0.25) is 4.79 Å². The third-order valence-electron chi connectivity index (χ3n) is 4.14. The fourth-order valence-electron chi connectivity index (χ4n) is 2.85. The van der Waals surface area contributed by atoms with E-state index in [1.54, 1.807) is 6.20 Å². The summed E-state index contributed by atoms with van der Waals surface area (Å²) in [6.45, 7) is 6.86. The van der Waals surface area contributed by atoms with Gasteiger partial charge in [-0.25, -0.2) is 4.98 Å². The van der Waals surface area contributed by atoms with Crippen LogP contribution in [-0.2, 0) is 4.79 Å². The smallest absolute Gasteiger partial charge is 0.242 e. The van der Waals surface area contributed by atoms with E-state index in [4.69, 9.17) is 0 Å². The average molecular weight is 289 g/mol. The van der Waals surface area contributed by atoms with Gasteiger partial charge in [0.1, 0.15) is 11.9 Å². The van der Waals surface area contributed by atoms with E-state index in [1.807, 2.05) is 17.7 Å². The molecule has 21 heavy (non-hydrogen) atoms. The van der Waals surface area contributed by atoms with Gasteiger partial charge < -0.3 is 9.88 Å². The molecular weight excluding hydrogens is 262 g/mol. The zero-order valence-electron chi connectivity index (χ0n) is 13.4. The predicted octanol–water partition coefficient (Wildman–Crippen LogP) is 3.57. The Morgan fingerprint density at radius 2 is 2.19 bits per heavy atom. The van der Waals surface area contributed by atoms with Crippen LogP contribution in [0, 0.1) is 0 Å². The summed E-state index contributed by atoms with van der Waals surface area (Å²) in [5.41, 5.74) is 1.50. The number of imidazole rings is 1. The minimum atomic E-state index is -0.203. The number of hydrogen-bond acceptors (Lipinski definition) is 2. The van der Waals surface area contributed by atoms with Crippen LogP contribution in [0.1, 0.15) is 70.7 Å². The van der Waals surface area contributed by atoms with Crippen molar-refractivity contribution >= 4 is 5.91 Å². The summed E-state index contributed by atoms with van der Waals surface area (Å²) >= 11 is 0. The molecule has 1 N–H and O–H groups in total. The van der Waals surface area contributed by atoms with Crippen LogP contribution in [0.3, 0.4) is 0 Å². The molecule has 1 heterocycles. The third kappa shape index (κ3) is 4.19. The monoisotopic (exact) mass is 289 g/mol. The first-order chi connectivity index (χ1) is 10.1. The summed E-state index contributed by atoms with van der Waals surface area (Å²) in [4.78, 5) is 16.6. The summed E-state index contributed by atoms with van der Waals surface area (Å²) in [5, 5.41) is 3.06. The molecule has 1 amide bonds. The Bertz CT molecular complexity index is 502. The molecule has 0 bridgehead atoms. The lowest BCUT2D eigenvalue weighted by Gasteiger charge is -2.18. The molecular formula is C17H27N3O. The van der Waals surface area contributed by atoms with Gasteiger partial charge in [-0.05, 0) is 39.0 Å². The van der Waals surface area contributed by atoms with Gasteiger partial charge >= 0.3 is 0 Å². The predicted molar refractivity (Wildman–Crippen MR) is 85.2 cm³/mol. The standard InChI is InChI=1S/C17H27N3O/c1-13(2)16-18-11-12-20(16)14(3)17(21)19-10-9-15-7-5-4-6-8-15/h7,11-14H,4-6,8-10H2,1-3H3,(H,19,21).